The van der Waals surface area contributed by atoms with Crippen molar-refractivity contribution in [2.24, 2.45) is 35.3 Å². The van der Waals surface area contributed by atoms with E-state index in [0.29, 0.717) is 0 Å². The second kappa shape index (κ2) is 18.3. The molecule has 0 radical (unpaired) electrons. The molecular weight excluding hydrogens is 607 g/mol. The Morgan fingerprint density at radius 1 is 0.783 bits per heavy atom. The van der Waals surface area contributed by atoms with Crippen molar-refractivity contribution in [2.45, 2.75) is 151 Å². The molecule has 0 aromatic heterocycles. The highest BCUT2D eigenvalue weighted by Gasteiger charge is 2.44. The molecule has 0 bridgehead atoms. The summed E-state index contributed by atoms with van der Waals surface area (Å²) in [6.07, 6.45) is 9.60. The van der Waals surface area contributed by atoms with Gasteiger partial charge in [-0.15, -0.1) is 0 Å². The molecule has 0 aromatic rings. The van der Waals surface area contributed by atoms with Crippen LogP contribution in [0.25, 0.3) is 0 Å². The predicted octanol–water partition coefficient (Wildman–Crippen LogP) is 10.4. The zero-order chi connectivity index (χ0) is 36.4. The van der Waals surface area contributed by atoms with Gasteiger partial charge in [0, 0.05) is 11.8 Å². The summed E-state index contributed by atoms with van der Waals surface area (Å²) in [5.41, 5.74) is 7.83. The molecule has 0 spiro atoms. The smallest absolute Gasteiger partial charge is 0.404 e. The summed E-state index contributed by atoms with van der Waals surface area (Å²) in [4.78, 5) is 12.1. The largest absolute Gasteiger partial charge is 0.445 e. The van der Waals surface area contributed by atoms with E-state index in [1.54, 1.807) is 6.08 Å². The van der Waals surface area contributed by atoms with Crippen LogP contribution < -0.4 is 5.73 Å². The van der Waals surface area contributed by atoms with Gasteiger partial charge in [0.25, 0.3) is 0 Å². The second-order valence-corrected chi connectivity index (χ2v) is 26.5. The van der Waals surface area contributed by atoms with Gasteiger partial charge in [-0.1, -0.05) is 124 Å². The molecule has 1 amide bonds. The van der Waals surface area contributed by atoms with E-state index in [4.69, 9.17) is 19.3 Å². The van der Waals surface area contributed by atoms with E-state index < -0.39 is 28.8 Å². The van der Waals surface area contributed by atoms with E-state index in [-0.39, 0.29) is 58.5 Å². The number of ether oxygens (including phenoxy) is 1. The first-order valence-corrected chi connectivity index (χ1v) is 23.1. The standard InChI is InChI=1S/C38H73NO5Si2/c1-19-20-21-28(4)34(42-36(39)41)32(8)35(44-46(17,18)38(12,13)14)31(7)23-26(2)22-29(5)33(30(6)24-27(3)25-40)43-45(15,16)37(9,10)11/h19-22,24,28-35,40H,1,23,25H2,2-18H3,(H2,39,41)/b21-20-,26-22-,27-24-/t28-,29-,30-,31-,32+,33+,34-,35+/m0/s1. The molecule has 0 aliphatic carbocycles. The van der Waals surface area contributed by atoms with Gasteiger partial charge < -0.3 is 24.4 Å². The Bertz CT molecular complexity index is 1050. The van der Waals surface area contributed by atoms with Gasteiger partial charge in [0.1, 0.15) is 6.10 Å². The summed E-state index contributed by atoms with van der Waals surface area (Å²) in [6, 6.07) is 0. The van der Waals surface area contributed by atoms with Gasteiger partial charge >= 0.3 is 6.09 Å². The minimum Gasteiger partial charge on any atom is -0.445 e. The molecule has 0 saturated carbocycles. The van der Waals surface area contributed by atoms with Crippen molar-refractivity contribution in [3.63, 3.8) is 0 Å². The van der Waals surface area contributed by atoms with E-state index in [9.17, 15) is 9.90 Å². The first kappa shape index (κ1) is 44.5. The van der Waals surface area contributed by atoms with Gasteiger partial charge in [-0.2, -0.15) is 0 Å². The van der Waals surface area contributed by atoms with Crippen molar-refractivity contribution in [1.29, 1.82) is 0 Å². The zero-order valence-electron chi connectivity index (χ0n) is 32.8. The summed E-state index contributed by atoms with van der Waals surface area (Å²) in [5, 5.41) is 9.84. The lowest BCUT2D eigenvalue weighted by molar-refractivity contribution is -0.0207. The Hall–Kier alpha value is -1.46. The third kappa shape index (κ3) is 14.0. The van der Waals surface area contributed by atoms with Crippen LogP contribution in [0.3, 0.4) is 0 Å². The number of nitrogens with two attached hydrogens (primary N) is 1. The van der Waals surface area contributed by atoms with Crippen LogP contribution in [-0.2, 0) is 13.6 Å². The van der Waals surface area contributed by atoms with Crippen LogP contribution in [-0.4, -0.2) is 52.8 Å². The molecule has 268 valence electrons. The van der Waals surface area contributed by atoms with Gasteiger partial charge in [-0.25, -0.2) is 4.79 Å². The highest BCUT2D eigenvalue weighted by atomic mass is 28.4. The fourth-order valence-corrected chi connectivity index (χ4v) is 8.62. The fourth-order valence-electron chi connectivity index (χ4n) is 5.68. The molecule has 0 aliphatic rings. The van der Waals surface area contributed by atoms with Crippen LogP contribution in [0, 0.1) is 29.6 Å². The van der Waals surface area contributed by atoms with Crippen molar-refractivity contribution in [3.05, 3.63) is 48.1 Å². The van der Waals surface area contributed by atoms with E-state index in [1.807, 2.05) is 26.0 Å². The van der Waals surface area contributed by atoms with E-state index in [1.165, 1.54) is 5.57 Å². The summed E-state index contributed by atoms with van der Waals surface area (Å²) in [6.45, 7) is 41.6. The van der Waals surface area contributed by atoms with Crippen molar-refractivity contribution >= 4 is 22.7 Å². The highest BCUT2D eigenvalue weighted by Crippen LogP contribution is 2.42. The minimum absolute atomic E-state index is 0.0170. The average Bonchev–Trinajstić information content (AvgIpc) is 2.89. The molecule has 0 saturated heterocycles. The molecule has 0 unspecified atom stereocenters. The number of hydrogen-bond donors (Lipinski definition) is 2. The number of carbonyl (C=O) groups excluding carboxylic acids is 1. The molecular formula is C38H73NO5Si2. The first-order chi connectivity index (χ1) is 20.7. The molecule has 0 aromatic carbocycles. The number of rotatable bonds is 18. The molecule has 0 fully saturated rings. The first-order valence-electron chi connectivity index (χ1n) is 17.3. The van der Waals surface area contributed by atoms with Crippen LogP contribution in [0.15, 0.2) is 48.1 Å². The van der Waals surface area contributed by atoms with Crippen LogP contribution in [0.5, 0.6) is 0 Å². The van der Waals surface area contributed by atoms with Crippen molar-refractivity contribution in [1.82, 2.24) is 0 Å². The van der Waals surface area contributed by atoms with Crippen LogP contribution in [0.2, 0.25) is 36.3 Å². The highest BCUT2D eigenvalue weighted by molar-refractivity contribution is 6.74. The number of aliphatic hydroxyl groups is 1. The SMILES string of the molecule is C=C/C=C\[C@H](C)[C@H](OC(N)=O)[C@@H](C)[C@H](O[Si](C)(C)C(C)(C)C)[C@@H](C)C/C(C)=C\[C@H](C)[C@@H](O[Si](C)(C)C(C)(C)C)[C@@H](C)/C=C(/C)CO. The Morgan fingerprint density at radius 3 is 1.61 bits per heavy atom. The Balaban J connectivity index is 6.68. The number of aliphatic hydroxyl groups excluding tert-OH is 1. The summed E-state index contributed by atoms with van der Waals surface area (Å²) in [5.74, 6) is 0.277. The molecule has 6 nitrogen and oxygen atoms in total. The maximum Gasteiger partial charge on any atom is 0.404 e. The molecule has 46 heavy (non-hydrogen) atoms. The molecule has 0 aliphatic heterocycles. The summed E-state index contributed by atoms with van der Waals surface area (Å²) < 4.78 is 20.0. The van der Waals surface area contributed by atoms with Crippen molar-refractivity contribution in [2.75, 3.05) is 6.61 Å². The lowest BCUT2D eigenvalue weighted by Crippen LogP contribution is -2.50. The Kier molecular flexibility index (Phi) is 17.8. The summed E-state index contributed by atoms with van der Waals surface area (Å²) >= 11 is 0. The normalized spacial score (nSPS) is 19.6. The maximum atomic E-state index is 12.1. The van der Waals surface area contributed by atoms with Crippen LogP contribution in [0.1, 0.15) is 96.4 Å². The van der Waals surface area contributed by atoms with Crippen molar-refractivity contribution < 1.29 is 23.5 Å². The van der Waals surface area contributed by atoms with Gasteiger partial charge in [0.05, 0.1) is 18.8 Å². The number of carbonyl (C=O) groups is 1. The number of primary amides is 1. The van der Waals surface area contributed by atoms with Crippen LogP contribution in [0.4, 0.5) is 4.79 Å². The number of allylic oxidation sites excluding steroid dienone is 3. The minimum atomic E-state index is -2.19. The lowest BCUT2D eigenvalue weighted by atomic mass is 9.81. The molecule has 8 atom stereocenters. The van der Waals surface area contributed by atoms with E-state index in [2.05, 4.69) is 121 Å². The van der Waals surface area contributed by atoms with E-state index >= 15 is 0 Å². The van der Waals surface area contributed by atoms with Gasteiger partial charge in [0.2, 0.25) is 0 Å². The number of hydrogen-bond acceptors (Lipinski definition) is 5. The Morgan fingerprint density at radius 2 is 1.22 bits per heavy atom. The molecule has 0 heterocycles. The second-order valence-electron chi connectivity index (χ2n) is 17.0. The van der Waals surface area contributed by atoms with Gasteiger partial charge in [-0.05, 0) is 74.3 Å². The molecule has 3 N–H and O–H groups in total. The van der Waals surface area contributed by atoms with E-state index in [0.717, 1.165) is 12.0 Å². The van der Waals surface area contributed by atoms with Gasteiger partial charge in [0.15, 0.2) is 16.6 Å². The third-order valence-electron chi connectivity index (χ3n) is 10.4. The van der Waals surface area contributed by atoms with Crippen LogP contribution >= 0.6 is 0 Å². The topological polar surface area (TPSA) is 91.0 Å². The monoisotopic (exact) mass is 680 g/mol. The maximum absolute atomic E-state index is 12.1. The summed E-state index contributed by atoms with van der Waals surface area (Å²) in [7, 11) is -4.25. The lowest BCUT2D eigenvalue weighted by Gasteiger charge is -2.45. The number of amides is 1. The van der Waals surface area contributed by atoms with Crippen molar-refractivity contribution in [3.8, 4) is 0 Å². The fraction of sp³-hybridized carbons (Fsp3) is 0.763. The predicted molar refractivity (Wildman–Crippen MR) is 203 cm³/mol. The zero-order valence-corrected chi connectivity index (χ0v) is 34.8. The quantitative estimate of drug-likeness (QED) is 0.0855. The van der Waals surface area contributed by atoms with Gasteiger partial charge in [-0.3, -0.25) is 0 Å². The Labute approximate surface area is 286 Å². The average molecular weight is 680 g/mol. The third-order valence-corrected chi connectivity index (χ3v) is 19.4. The molecule has 0 rings (SSSR count). The molecule has 8 heteroatoms.